The van der Waals surface area contributed by atoms with Crippen molar-refractivity contribution in [2.45, 2.75) is 19.0 Å². The van der Waals surface area contributed by atoms with E-state index in [1.165, 1.54) is 11.3 Å². The van der Waals surface area contributed by atoms with Gasteiger partial charge >= 0.3 is 0 Å². The highest BCUT2D eigenvalue weighted by Gasteiger charge is 2.48. The van der Waals surface area contributed by atoms with Crippen molar-refractivity contribution < 1.29 is 0 Å². The van der Waals surface area contributed by atoms with Crippen LogP contribution in [0.2, 0.25) is 0 Å². The van der Waals surface area contributed by atoms with Crippen LogP contribution in [0.5, 0.6) is 0 Å². The van der Waals surface area contributed by atoms with Gasteiger partial charge in [-0.25, -0.2) is 9.97 Å². The Balaban J connectivity index is 1.78. The van der Waals surface area contributed by atoms with Crippen LogP contribution in [0.4, 0.5) is 22.9 Å². The average molecular weight is 340 g/mol. The summed E-state index contributed by atoms with van der Waals surface area (Å²) < 4.78 is 0. The van der Waals surface area contributed by atoms with Gasteiger partial charge in [-0.15, -0.1) is 6.58 Å². The van der Waals surface area contributed by atoms with Gasteiger partial charge in [0, 0.05) is 23.2 Å². The first-order chi connectivity index (χ1) is 12.8. The van der Waals surface area contributed by atoms with Crippen molar-refractivity contribution in [2.24, 2.45) is 5.92 Å². The van der Waals surface area contributed by atoms with Crippen molar-refractivity contribution in [3.63, 3.8) is 0 Å². The van der Waals surface area contributed by atoms with Crippen LogP contribution < -0.4 is 9.80 Å². The molecule has 0 saturated carbocycles. The highest BCUT2D eigenvalue weighted by atomic mass is 15.5. The van der Waals surface area contributed by atoms with Crippen molar-refractivity contribution >= 4 is 22.9 Å². The van der Waals surface area contributed by atoms with E-state index >= 15 is 0 Å². The second-order valence-electron chi connectivity index (χ2n) is 6.90. The SMILES string of the molecule is C=CC1c2ccccc2N2c3ncncc3N(c3ccccc3)C2C1C. The number of anilines is 4. The number of rotatable bonds is 2. The predicted octanol–water partition coefficient (Wildman–Crippen LogP) is 5.01. The Bertz CT molecular complexity index is 969. The molecule has 3 heterocycles. The van der Waals surface area contributed by atoms with Crippen LogP contribution in [0.15, 0.2) is 79.8 Å². The highest BCUT2D eigenvalue weighted by Crippen LogP contribution is 2.54. The number of nitrogens with zero attached hydrogens (tertiary/aromatic N) is 4. The van der Waals surface area contributed by atoms with Gasteiger partial charge in [0.25, 0.3) is 0 Å². The van der Waals surface area contributed by atoms with Gasteiger partial charge in [-0.3, -0.25) is 0 Å². The zero-order chi connectivity index (χ0) is 17.7. The fraction of sp³-hybridized carbons (Fsp3) is 0.182. The zero-order valence-electron chi connectivity index (χ0n) is 14.7. The Morgan fingerprint density at radius 1 is 0.962 bits per heavy atom. The molecule has 2 aliphatic heterocycles. The minimum atomic E-state index is 0.141. The predicted molar refractivity (Wildman–Crippen MR) is 105 cm³/mol. The van der Waals surface area contributed by atoms with E-state index in [0.717, 1.165) is 17.2 Å². The average Bonchev–Trinajstić information content (AvgIpc) is 3.05. The summed E-state index contributed by atoms with van der Waals surface area (Å²) in [6, 6.07) is 19.1. The summed E-state index contributed by atoms with van der Waals surface area (Å²) in [5, 5.41) is 0. The Morgan fingerprint density at radius 2 is 1.73 bits per heavy atom. The molecule has 0 saturated heterocycles. The van der Waals surface area contributed by atoms with Crippen LogP contribution in [-0.4, -0.2) is 16.1 Å². The molecular weight excluding hydrogens is 320 g/mol. The van der Waals surface area contributed by atoms with E-state index in [0.29, 0.717) is 11.8 Å². The van der Waals surface area contributed by atoms with Gasteiger partial charge in [-0.05, 0) is 23.8 Å². The Morgan fingerprint density at radius 3 is 2.54 bits per heavy atom. The van der Waals surface area contributed by atoms with Crippen molar-refractivity contribution in [1.29, 1.82) is 0 Å². The molecule has 2 aromatic carbocycles. The van der Waals surface area contributed by atoms with Crippen LogP contribution in [0.3, 0.4) is 0 Å². The molecule has 3 unspecified atom stereocenters. The van der Waals surface area contributed by atoms with E-state index in [1.807, 2.05) is 12.3 Å². The number of hydrogen-bond acceptors (Lipinski definition) is 4. The summed E-state index contributed by atoms with van der Waals surface area (Å²) in [6.07, 6.45) is 5.78. The summed E-state index contributed by atoms with van der Waals surface area (Å²) >= 11 is 0. The maximum atomic E-state index is 4.65. The molecule has 26 heavy (non-hydrogen) atoms. The minimum absolute atomic E-state index is 0.141. The summed E-state index contributed by atoms with van der Waals surface area (Å²) in [4.78, 5) is 13.7. The molecule has 3 atom stereocenters. The Hall–Kier alpha value is -3.14. The van der Waals surface area contributed by atoms with E-state index in [-0.39, 0.29) is 6.17 Å². The molecule has 4 nitrogen and oxygen atoms in total. The summed E-state index contributed by atoms with van der Waals surface area (Å²) in [5.74, 6) is 1.61. The maximum Gasteiger partial charge on any atom is 0.162 e. The van der Waals surface area contributed by atoms with Crippen molar-refractivity contribution in [3.8, 4) is 0 Å². The summed E-state index contributed by atoms with van der Waals surface area (Å²) in [5.41, 5.74) is 4.73. The molecule has 0 aliphatic carbocycles. The van der Waals surface area contributed by atoms with Gasteiger partial charge in [0.2, 0.25) is 0 Å². The third-order valence-electron chi connectivity index (χ3n) is 5.57. The van der Waals surface area contributed by atoms with Gasteiger partial charge in [0.15, 0.2) is 5.82 Å². The molecule has 0 spiro atoms. The van der Waals surface area contributed by atoms with Crippen molar-refractivity contribution in [3.05, 3.63) is 85.3 Å². The van der Waals surface area contributed by atoms with E-state index < -0.39 is 0 Å². The lowest BCUT2D eigenvalue weighted by Crippen LogP contribution is -2.48. The van der Waals surface area contributed by atoms with Gasteiger partial charge in [-0.2, -0.15) is 0 Å². The van der Waals surface area contributed by atoms with Crippen LogP contribution >= 0.6 is 0 Å². The van der Waals surface area contributed by atoms with Gasteiger partial charge in [0.1, 0.15) is 18.2 Å². The minimum Gasteiger partial charge on any atom is -0.315 e. The van der Waals surface area contributed by atoms with Crippen LogP contribution in [0, 0.1) is 5.92 Å². The maximum absolute atomic E-state index is 4.65. The molecular formula is C22H20N4. The van der Waals surface area contributed by atoms with E-state index in [1.54, 1.807) is 6.33 Å². The van der Waals surface area contributed by atoms with Gasteiger partial charge in [-0.1, -0.05) is 49.4 Å². The standard InChI is InChI=1S/C22H20N4/c1-3-17-15(2)22-25(16-9-5-4-6-10-16)20-13-23-14-24-21(20)26(22)19-12-8-7-11-18(17)19/h3-15,17,22H,1H2,2H3. The molecule has 128 valence electrons. The lowest BCUT2D eigenvalue weighted by molar-refractivity contribution is 0.409. The zero-order valence-corrected chi connectivity index (χ0v) is 14.7. The monoisotopic (exact) mass is 340 g/mol. The van der Waals surface area contributed by atoms with Crippen molar-refractivity contribution in [2.75, 3.05) is 9.80 Å². The largest absolute Gasteiger partial charge is 0.315 e. The molecule has 1 aromatic heterocycles. The lowest BCUT2D eigenvalue weighted by atomic mass is 9.80. The molecule has 0 radical (unpaired) electrons. The summed E-state index contributed by atoms with van der Waals surface area (Å²) in [6.45, 7) is 6.43. The topological polar surface area (TPSA) is 32.3 Å². The molecule has 0 bridgehead atoms. The first kappa shape index (κ1) is 15.1. The Labute approximate surface area is 153 Å². The summed E-state index contributed by atoms with van der Waals surface area (Å²) in [7, 11) is 0. The third kappa shape index (κ3) is 1.96. The highest BCUT2D eigenvalue weighted by molar-refractivity contribution is 5.87. The van der Waals surface area contributed by atoms with Crippen molar-refractivity contribution in [1.82, 2.24) is 9.97 Å². The molecule has 4 heteroatoms. The fourth-order valence-corrected chi connectivity index (χ4v) is 4.46. The number of hydrogen-bond donors (Lipinski definition) is 0. The molecule has 2 aliphatic rings. The normalized spacial score (nSPS) is 23.2. The third-order valence-corrected chi connectivity index (χ3v) is 5.57. The molecule has 3 aromatic rings. The molecule has 0 amide bonds. The first-order valence-corrected chi connectivity index (χ1v) is 8.96. The van der Waals surface area contributed by atoms with Crippen LogP contribution in [-0.2, 0) is 0 Å². The number of para-hydroxylation sites is 2. The van der Waals surface area contributed by atoms with Gasteiger partial charge in [0.05, 0.1) is 6.20 Å². The van der Waals surface area contributed by atoms with E-state index in [9.17, 15) is 0 Å². The van der Waals surface area contributed by atoms with Gasteiger partial charge < -0.3 is 9.80 Å². The number of aromatic nitrogens is 2. The fourth-order valence-electron chi connectivity index (χ4n) is 4.46. The quantitative estimate of drug-likeness (QED) is 0.614. The lowest BCUT2D eigenvalue weighted by Gasteiger charge is -2.44. The van der Waals surface area contributed by atoms with E-state index in [2.05, 4.69) is 87.9 Å². The number of benzene rings is 2. The smallest absolute Gasteiger partial charge is 0.162 e. The number of allylic oxidation sites excluding steroid dienone is 1. The number of fused-ring (bicyclic) bond motifs is 5. The Kier molecular flexibility index (Phi) is 3.32. The molecule has 0 fully saturated rings. The van der Waals surface area contributed by atoms with Crippen LogP contribution in [0.1, 0.15) is 18.4 Å². The molecule has 5 rings (SSSR count). The second-order valence-corrected chi connectivity index (χ2v) is 6.90. The van der Waals surface area contributed by atoms with Crippen LogP contribution in [0.25, 0.3) is 0 Å². The van der Waals surface area contributed by atoms with E-state index in [4.69, 9.17) is 0 Å². The molecule has 0 N–H and O–H groups in total. The second kappa shape index (κ2) is 5.70. The first-order valence-electron chi connectivity index (χ1n) is 8.96.